The number of hydrogen-bond acceptors (Lipinski definition) is 6. The van der Waals surface area contributed by atoms with Crippen molar-refractivity contribution in [3.05, 3.63) is 60.2 Å². The number of hydrogen-bond donors (Lipinski definition) is 2. The molecule has 1 unspecified atom stereocenters. The molecule has 1 aliphatic heterocycles. The highest BCUT2D eigenvalue weighted by Gasteiger charge is 2.31. The van der Waals surface area contributed by atoms with Gasteiger partial charge < -0.3 is 0 Å². The Morgan fingerprint density at radius 3 is 1.96 bits per heavy atom. The first-order chi connectivity index (χ1) is 13.1. The largest absolute Gasteiger partial charge is 0.240 e. The van der Waals surface area contributed by atoms with Gasteiger partial charge in [0.2, 0.25) is 20.0 Å². The molecule has 152 valence electrons. The van der Waals surface area contributed by atoms with Gasteiger partial charge in [-0.25, -0.2) is 34.7 Å². The van der Waals surface area contributed by atoms with E-state index in [4.69, 9.17) is 0 Å². The zero-order chi connectivity index (χ0) is 20.4. The van der Waals surface area contributed by atoms with E-state index in [0.29, 0.717) is 0 Å². The molecule has 1 fully saturated rings. The fourth-order valence-corrected chi connectivity index (χ4v) is 6.90. The average Bonchev–Trinajstić information content (AvgIpc) is 2.99. The van der Waals surface area contributed by atoms with Crippen LogP contribution in [0.25, 0.3) is 0 Å². The Kier molecular flexibility index (Phi) is 5.92. The molecule has 0 bridgehead atoms. The average molecular weight is 445 g/mol. The molecular weight excluding hydrogens is 424 g/mol. The van der Waals surface area contributed by atoms with Crippen LogP contribution in [0, 0.1) is 0 Å². The van der Waals surface area contributed by atoms with Crippen molar-refractivity contribution in [3.63, 3.8) is 0 Å². The number of rotatable bonds is 7. The molecule has 1 atom stereocenters. The molecule has 0 aliphatic carbocycles. The molecule has 0 saturated carbocycles. The van der Waals surface area contributed by atoms with E-state index >= 15 is 0 Å². The quantitative estimate of drug-likeness (QED) is 0.645. The first kappa shape index (κ1) is 20.9. The van der Waals surface area contributed by atoms with Gasteiger partial charge >= 0.3 is 0 Å². The van der Waals surface area contributed by atoms with Crippen LogP contribution in [-0.4, -0.2) is 42.8 Å². The predicted octanol–water partition coefficient (Wildman–Crippen LogP) is 0.631. The van der Waals surface area contributed by atoms with Crippen molar-refractivity contribution in [2.24, 2.45) is 0 Å². The Bertz CT molecular complexity index is 1140. The Morgan fingerprint density at radius 1 is 0.857 bits per heavy atom. The van der Waals surface area contributed by atoms with Gasteiger partial charge in [0.1, 0.15) is 0 Å². The molecule has 1 heterocycles. The number of sulfone groups is 1. The zero-order valence-corrected chi connectivity index (χ0v) is 17.2. The highest BCUT2D eigenvalue weighted by molar-refractivity contribution is 7.92. The van der Waals surface area contributed by atoms with E-state index in [9.17, 15) is 25.3 Å². The Hall–Kier alpha value is -1.79. The lowest BCUT2D eigenvalue weighted by molar-refractivity contribution is 0.561. The first-order valence-electron chi connectivity index (χ1n) is 8.44. The van der Waals surface area contributed by atoms with Gasteiger partial charge in [-0.15, -0.1) is 0 Å². The van der Waals surface area contributed by atoms with E-state index in [1.807, 2.05) is 6.07 Å². The highest BCUT2D eigenvalue weighted by Crippen LogP contribution is 2.18. The van der Waals surface area contributed by atoms with E-state index < -0.39 is 35.9 Å². The fraction of sp³-hybridized carbons (Fsp3) is 0.294. The van der Waals surface area contributed by atoms with Gasteiger partial charge in [0.05, 0.1) is 21.3 Å². The molecule has 1 saturated heterocycles. The molecule has 28 heavy (non-hydrogen) atoms. The van der Waals surface area contributed by atoms with Crippen LogP contribution in [-0.2, 0) is 36.4 Å². The standard InChI is InChI=1S/C17H20N2O6S3/c20-26(21)11-10-15(13-26)19-28(24,25)17-8-6-16(7-9-17)27(22,23)18-12-14-4-2-1-3-5-14/h1-9,15,18-19H,10-13H2. The first-order valence-corrected chi connectivity index (χ1v) is 13.2. The van der Waals surface area contributed by atoms with E-state index in [1.165, 1.54) is 24.3 Å². The molecule has 1 aliphatic rings. The second kappa shape index (κ2) is 7.91. The minimum absolute atomic E-state index is 0.0511. The SMILES string of the molecule is O=S1(=O)CCC(NS(=O)(=O)c2ccc(S(=O)(=O)NCc3ccccc3)cc2)C1. The summed E-state index contributed by atoms with van der Waals surface area (Å²) in [4.78, 5) is -0.190. The Morgan fingerprint density at radius 2 is 1.43 bits per heavy atom. The molecule has 11 heteroatoms. The van der Waals surface area contributed by atoms with Crippen molar-refractivity contribution in [1.29, 1.82) is 0 Å². The van der Waals surface area contributed by atoms with Crippen molar-refractivity contribution in [2.45, 2.75) is 28.8 Å². The van der Waals surface area contributed by atoms with E-state index in [1.54, 1.807) is 24.3 Å². The number of sulfonamides is 2. The van der Waals surface area contributed by atoms with Gasteiger partial charge in [-0.1, -0.05) is 30.3 Å². The maximum atomic E-state index is 12.4. The second-order valence-electron chi connectivity index (χ2n) is 6.50. The van der Waals surface area contributed by atoms with Gasteiger partial charge in [0.15, 0.2) is 9.84 Å². The van der Waals surface area contributed by atoms with Gasteiger partial charge in [-0.05, 0) is 36.2 Å². The fourth-order valence-electron chi connectivity index (χ4n) is 2.83. The van der Waals surface area contributed by atoms with Crippen molar-refractivity contribution in [2.75, 3.05) is 11.5 Å². The molecule has 0 spiro atoms. The molecule has 8 nitrogen and oxygen atoms in total. The third kappa shape index (κ3) is 5.17. The smallest absolute Gasteiger partial charge is 0.229 e. The molecular formula is C17H20N2O6S3. The lowest BCUT2D eigenvalue weighted by Gasteiger charge is -2.12. The number of nitrogens with one attached hydrogen (secondary N) is 2. The van der Waals surface area contributed by atoms with Crippen LogP contribution < -0.4 is 9.44 Å². The summed E-state index contributed by atoms with van der Waals surface area (Å²) >= 11 is 0. The highest BCUT2D eigenvalue weighted by atomic mass is 32.2. The van der Waals surface area contributed by atoms with Crippen LogP contribution >= 0.6 is 0 Å². The molecule has 3 rings (SSSR count). The molecule has 0 amide bonds. The summed E-state index contributed by atoms with van der Waals surface area (Å²) in [7, 11) is -11.0. The topological polar surface area (TPSA) is 126 Å². The van der Waals surface area contributed by atoms with Crippen molar-refractivity contribution in [1.82, 2.24) is 9.44 Å². The Labute approximate surface area is 165 Å². The van der Waals surface area contributed by atoms with E-state index in [0.717, 1.165) is 5.56 Å². The summed E-state index contributed by atoms with van der Waals surface area (Å²) in [6.45, 7) is 0.112. The van der Waals surface area contributed by atoms with Crippen molar-refractivity contribution in [3.8, 4) is 0 Å². The molecule has 2 aromatic carbocycles. The minimum atomic E-state index is -3.94. The summed E-state index contributed by atoms with van der Waals surface area (Å²) in [6.07, 6.45) is 0.220. The normalized spacial score (nSPS) is 19.5. The molecule has 0 aromatic heterocycles. The number of benzene rings is 2. The third-order valence-corrected chi connectivity index (χ3v) is 9.03. The lowest BCUT2D eigenvalue weighted by atomic mass is 10.2. The van der Waals surface area contributed by atoms with E-state index in [2.05, 4.69) is 9.44 Å². The lowest BCUT2D eigenvalue weighted by Crippen LogP contribution is -2.35. The van der Waals surface area contributed by atoms with Crippen molar-refractivity contribution >= 4 is 29.9 Å². The summed E-state index contributed by atoms with van der Waals surface area (Å²) < 4.78 is 77.3. The van der Waals surface area contributed by atoms with Crippen molar-refractivity contribution < 1.29 is 25.3 Å². The van der Waals surface area contributed by atoms with Gasteiger partial charge in [-0.3, -0.25) is 0 Å². The van der Waals surface area contributed by atoms with Crippen LogP contribution in [0.3, 0.4) is 0 Å². The molecule has 2 N–H and O–H groups in total. The van der Waals surface area contributed by atoms with Gasteiger partial charge in [0, 0.05) is 12.6 Å². The van der Waals surface area contributed by atoms with Crippen LogP contribution in [0.2, 0.25) is 0 Å². The summed E-state index contributed by atoms with van der Waals surface area (Å²) in [6, 6.07) is 13.1. The predicted molar refractivity (Wildman–Crippen MR) is 104 cm³/mol. The van der Waals surface area contributed by atoms with Crippen LogP contribution in [0.4, 0.5) is 0 Å². The maximum absolute atomic E-state index is 12.4. The molecule has 2 aromatic rings. The van der Waals surface area contributed by atoms with Crippen LogP contribution in [0.5, 0.6) is 0 Å². The zero-order valence-electron chi connectivity index (χ0n) is 14.8. The molecule has 0 radical (unpaired) electrons. The monoisotopic (exact) mass is 444 g/mol. The van der Waals surface area contributed by atoms with Gasteiger partial charge in [0.25, 0.3) is 0 Å². The maximum Gasteiger partial charge on any atom is 0.240 e. The summed E-state index contributed by atoms with van der Waals surface area (Å²) in [5, 5.41) is 0. The second-order valence-corrected chi connectivity index (χ2v) is 12.2. The summed E-state index contributed by atoms with van der Waals surface area (Å²) in [5.41, 5.74) is 0.793. The van der Waals surface area contributed by atoms with E-state index in [-0.39, 0.29) is 34.3 Å². The van der Waals surface area contributed by atoms with Crippen LogP contribution in [0.15, 0.2) is 64.4 Å². The minimum Gasteiger partial charge on any atom is -0.229 e. The summed E-state index contributed by atoms with van der Waals surface area (Å²) in [5.74, 6) is -0.285. The Balaban J connectivity index is 1.70. The van der Waals surface area contributed by atoms with Crippen LogP contribution in [0.1, 0.15) is 12.0 Å². The van der Waals surface area contributed by atoms with Gasteiger partial charge in [-0.2, -0.15) is 0 Å². The third-order valence-electron chi connectivity index (χ3n) is 4.31.